The van der Waals surface area contributed by atoms with Crippen LogP contribution in [-0.4, -0.2) is 11.1 Å². The van der Waals surface area contributed by atoms with Crippen LogP contribution in [0.5, 0.6) is 0 Å². The highest BCUT2D eigenvalue weighted by molar-refractivity contribution is 5.81. The Hall–Kier alpha value is -2.55. The maximum absolute atomic E-state index is 10.4. The van der Waals surface area contributed by atoms with Gasteiger partial charge in [-0.15, -0.1) is 0 Å². The third-order valence-electron chi connectivity index (χ3n) is 3.27. The summed E-state index contributed by atoms with van der Waals surface area (Å²) in [6.07, 6.45) is 3.46. The fraction of sp³-hybridized carbons (Fsp3) is 0.0625. The Labute approximate surface area is 111 Å². The first-order valence-corrected chi connectivity index (χ1v) is 6.11. The molecule has 0 aromatic heterocycles. The van der Waals surface area contributed by atoms with Gasteiger partial charge in [-0.05, 0) is 40.8 Å². The number of hydrogen-bond donors (Lipinski definition) is 2. The zero-order chi connectivity index (χ0) is 13.2. The molecule has 3 heteroatoms. The molecule has 0 fully saturated rings. The van der Waals surface area contributed by atoms with Gasteiger partial charge in [-0.25, -0.2) is 4.79 Å². The van der Waals surface area contributed by atoms with E-state index >= 15 is 0 Å². The lowest BCUT2D eigenvalue weighted by atomic mass is 10.1. The molecule has 0 heterocycles. The smallest absolute Gasteiger partial charge is 0.329 e. The van der Waals surface area contributed by atoms with Crippen LogP contribution in [0, 0.1) is 0 Å². The molecular formula is C16H13NO2. The second kappa shape index (κ2) is 4.61. The largest absolute Gasteiger partial charge is 0.478 e. The fourth-order valence-corrected chi connectivity index (χ4v) is 2.44. The summed E-state index contributed by atoms with van der Waals surface area (Å²) >= 11 is 0. The number of rotatable bonds is 3. The molecule has 2 aromatic carbocycles. The van der Waals surface area contributed by atoms with Crippen molar-refractivity contribution >= 4 is 11.7 Å². The van der Waals surface area contributed by atoms with Crippen molar-refractivity contribution in [3.05, 3.63) is 65.9 Å². The molecule has 0 unspecified atom stereocenters. The van der Waals surface area contributed by atoms with E-state index in [1.807, 2.05) is 6.07 Å². The van der Waals surface area contributed by atoms with E-state index in [4.69, 9.17) is 5.11 Å². The molecule has 2 N–H and O–H groups in total. The number of carbonyl (C=O) groups is 1. The molecule has 0 bridgehead atoms. The topological polar surface area (TPSA) is 49.3 Å². The van der Waals surface area contributed by atoms with Crippen molar-refractivity contribution in [2.45, 2.75) is 6.42 Å². The van der Waals surface area contributed by atoms with Gasteiger partial charge in [-0.1, -0.05) is 30.3 Å². The SMILES string of the molecule is O=C(O)/C=C/Nc1ccc2c(c1)Cc1ccccc1-2. The van der Waals surface area contributed by atoms with Gasteiger partial charge in [0.05, 0.1) is 0 Å². The summed E-state index contributed by atoms with van der Waals surface area (Å²) in [6.45, 7) is 0. The van der Waals surface area contributed by atoms with Crippen molar-refractivity contribution in [1.29, 1.82) is 0 Å². The highest BCUT2D eigenvalue weighted by atomic mass is 16.4. The maximum atomic E-state index is 10.4. The first kappa shape index (κ1) is 11.5. The van der Waals surface area contributed by atoms with Crippen molar-refractivity contribution in [2.24, 2.45) is 0 Å². The molecule has 19 heavy (non-hydrogen) atoms. The van der Waals surface area contributed by atoms with Gasteiger partial charge in [0.1, 0.15) is 0 Å². The van der Waals surface area contributed by atoms with Gasteiger partial charge in [0.2, 0.25) is 0 Å². The molecule has 0 saturated heterocycles. The minimum atomic E-state index is -0.957. The normalized spacial score (nSPS) is 12.2. The van der Waals surface area contributed by atoms with E-state index in [-0.39, 0.29) is 0 Å². The molecule has 3 nitrogen and oxygen atoms in total. The second-order valence-electron chi connectivity index (χ2n) is 4.52. The zero-order valence-corrected chi connectivity index (χ0v) is 10.3. The molecule has 3 rings (SSSR count). The van der Waals surface area contributed by atoms with Crippen molar-refractivity contribution in [3.8, 4) is 11.1 Å². The number of nitrogens with one attached hydrogen (secondary N) is 1. The van der Waals surface area contributed by atoms with Crippen LogP contribution in [-0.2, 0) is 11.2 Å². The van der Waals surface area contributed by atoms with Crippen LogP contribution >= 0.6 is 0 Å². The van der Waals surface area contributed by atoms with Gasteiger partial charge in [-0.2, -0.15) is 0 Å². The van der Waals surface area contributed by atoms with Crippen molar-refractivity contribution in [1.82, 2.24) is 0 Å². The van der Waals surface area contributed by atoms with Gasteiger partial charge >= 0.3 is 5.97 Å². The summed E-state index contributed by atoms with van der Waals surface area (Å²) in [5, 5.41) is 11.5. The summed E-state index contributed by atoms with van der Waals surface area (Å²) in [4.78, 5) is 10.4. The van der Waals surface area contributed by atoms with E-state index in [1.54, 1.807) is 0 Å². The number of anilines is 1. The zero-order valence-electron chi connectivity index (χ0n) is 10.3. The van der Waals surface area contributed by atoms with Gasteiger partial charge in [0, 0.05) is 18.0 Å². The van der Waals surface area contributed by atoms with Gasteiger partial charge in [-0.3, -0.25) is 0 Å². The molecule has 0 aliphatic heterocycles. The van der Waals surface area contributed by atoms with Crippen LogP contribution in [0.25, 0.3) is 11.1 Å². The van der Waals surface area contributed by atoms with E-state index < -0.39 is 5.97 Å². The molecule has 0 radical (unpaired) electrons. The Morgan fingerprint density at radius 2 is 1.89 bits per heavy atom. The Morgan fingerprint density at radius 1 is 1.11 bits per heavy atom. The predicted molar refractivity (Wildman–Crippen MR) is 75.1 cm³/mol. The lowest BCUT2D eigenvalue weighted by molar-refractivity contribution is -0.131. The lowest BCUT2D eigenvalue weighted by Crippen LogP contribution is -1.93. The number of fused-ring (bicyclic) bond motifs is 3. The van der Waals surface area contributed by atoms with Gasteiger partial charge < -0.3 is 10.4 Å². The first-order chi connectivity index (χ1) is 9.24. The van der Waals surface area contributed by atoms with E-state index in [1.165, 1.54) is 28.5 Å². The standard InChI is InChI=1S/C16H13NO2/c18-16(19)7-8-17-13-5-6-15-12(10-13)9-11-3-1-2-4-14(11)15/h1-8,10,17H,9H2,(H,18,19)/b8-7+. The summed E-state index contributed by atoms with van der Waals surface area (Å²) in [5.41, 5.74) is 6.09. The summed E-state index contributed by atoms with van der Waals surface area (Å²) in [6, 6.07) is 14.5. The molecule has 94 valence electrons. The highest BCUT2D eigenvalue weighted by Gasteiger charge is 2.17. The number of carboxylic acid groups (broad SMARTS) is 1. The third-order valence-corrected chi connectivity index (χ3v) is 3.27. The van der Waals surface area contributed by atoms with Gasteiger partial charge in [0.25, 0.3) is 0 Å². The molecule has 0 spiro atoms. The Balaban J connectivity index is 1.87. The van der Waals surface area contributed by atoms with Crippen LogP contribution in [0.15, 0.2) is 54.7 Å². The van der Waals surface area contributed by atoms with E-state index in [2.05, 4.69) is 41.7 Å². The molecule has 1 aliphatic carbocycles. The van der Waals surface area contributed by atoms with Crippen molar-refractivity contribution in [3.63, 3.8) is 0 Å². The minimum absolute atomic E-state index is 0.907. The van der Waals surface area contributed by atoms with Crippen LogP contribution in [0.1, 0.15) is 11.1 Å². The van der Waals surface area contributed by atoms with Gasteiger partial charge in [0.15, 0.2) is 0 Å². The second-order valence-corrected chi connectivity index (χ2v) is 4.52. The first-order valence-electron chi connectivity index (χ1n) is 6.11. The predicted octanol–water partition coefficient (Wildman–Crippen LogP) is 3.27. The van der Waals surface area contributed by atoms with E-state index in [0.29, 0.717) is 0 Å². The Bertz CT molecular complexity index is 674. The molecule has 2 aromatic rings. The lowest BCUT2D eigenvalue weighted by Gasteiger charge is -2.04. The third kappa shape index (κ3) is 2.22. The molecular weight excluding hydrogens is 238 g/mol. The average molecular weight is 251 g/mol. The average Bonchev–Trinajstić information content (AvgIpc) is 2.76. The number of benzene rings is 2. The Kier molecular flexibility index (Phi) is 2.80. The molecule has 0 saturated carbocycles. The molecule has 0 atom stereocenters. The summed E-state index contributed by atoms with van der Waals surface area (Å²) in [5.74, 6) is -0.957. The van der Waals surface area contributed by atoms with E-state index in [0.717, 1.165) is 18.2 Å². The number of carboxylic acids is 1. The highest BCUT2D eigenvalue weighted by Crippen LogP contribution is 2.37. The van der Waals surface area contributed by atoms with E-state index in [9.17, 15) is 4.79 Å². The van der Waals surface area contributed by atoms with Crippen molar-refractivity contribution in [2.75, 3.05) is 5.32 Å². The summed E-state index contributed by atoms with van der Waals surface area (Å²) in [7, 11) is 0. The van der Waals surface area contributed by atoms with Crippen LogP contribution in [0.3, 0.4) is 0 Å². The Morgan fingerprint density at radius 3 is 2.74 bits per heavy atom. The van der Waals surface area contributed by atoms with Crippen LogP contribution in [0.2, 0.25) is 0 Å². The van der Waals surface area contributed by atoms with Crippen LogP contribution < -0.4 is 5.32 Å². The molecule has 1 aliphatic rings. The number of hydrogen-bond acceptors (Lipinski definition) is 2. The van der Waals surface area contributed by atoms with Crippen molar-refractivity contribution < 1.29 is 9.90 Å². The summed E-state index contributed by atoms with van der Waals surface area (Å²) < 4.78 is 0. The number of aliphatic carboxylic acids is 1. The minimum Gasteiger partial charge on any atom is -0.478 e. The quantitative estimate of drug-likeness (QED) is 0.702. The fourth-order valence-electron chi connectivity index (χ4n) is 2.44. The molecule has 0 amide bonds. The monoisotopic (exact) mass is 251 g/mol. The van der Waals surface area contributed by atoms with Crippen LogP contribution in [0.4, 0.5) is 5.69 Å². The maximum Gasteiger partial charge on any atom is 0.329 e.